The lowest BCUT2D eigenvalue weighted by atomic mass is 10.5. The number of carboxylic acid groups (broad SMARTS) is 1. The van der Waals surface area contributed by atoms with Crippen LogP contribution in [-0.2, 0) is 18.4 Å². The second-order valence-corrected chi connectivity index (χ2v) is 5.40. The molecule has 0 atom stereocenters. The monoisotopic (exact) mass is 282 g/mol. The number of aromatic amines is 1. The van der Waals surface area contributed by atoms with Gasteiger partial charge in [0.2, 0.25) is 0 Å². The van der Waals surface area contributed by atoms with Crippen molar-refractivity contribution < 1.29 is 9.90 Å². The first-order valence-corrected chi connectivity index (χ1v) is 5.86. The molecule has 0 saturated heterocycles. The van der Waals surface area contributed by atoms with Crippen LogP contribution in [0.25, 0.3) is 11.2 Å². The first-order valence-electron chi connectivity index (χ1n) is 5.86. The van der Waals surface area contributed by atoms with Gasteiger partial charge in [-0.15, -0.1) is 0 Å². The standard InChI is InChI=1S/C11H15N5O4/c1-14-8-7(12-10(13-8)16(2,3)4)9(19)15(11(14)20)5-6(17)18/h5H2,1-4H3,(H-,12,13,17,18,19)/p+1. The number of nitrogens with one attached hydrogen (secondary N) is 1. The third-order valence-electron chi connectivity index (χ3n) is 2.90. The molecule has 2 rings (SSSR count). The summed E-state index contributed by atoms with van der Waals surface area (Å²) in [5.41, 5.74) is -1.05. The number of rotatable bonds is 3. The van der Waals surface area contributed by atoms with Crippen molar-refractivity contribution in [3.63, 3.8) is 0 Å². The first-order chi connectivity index (χ1) is 9.12. The Morgan fingerprint density at radius 3 is 2.45 bits per heavy atom. The van der Waals surface area contributed by atoms with E-state index in [4.69, 9.17) is 5.11 Å². The number of imidazole rings is 1. The van der Waals surface area contributed by atoms with Crippen molar-refractivity contribution in [3.8, 4) is 0 Å². The molecule has 0 fully saturated rings. The zero-order valence-corrected chi connectivity index (χ0v) is 11.7. The average Bonchev–Trinajstić information content (AvgIpc) is 2.76. The van der Waals surface area contributed by atoms with Crippen LogP contribution < -0.4 is 15.7 Å². The zero-order valence-electron chi connectivity index (χ0n) is 11.7. The molecule has 0 aliphatic carbocycles. The molecule has 2 heterocycles. The third-order valence-corrected chi connectivity index (χ3v) is 2.90. The molecule has 2 N–H and O–H groups in total. The van der Waals surface area contributed by atoms with Gasteiger partial charge in [-0.2, -0.15) is 4.98 Å². The van der Waals surface area contributed by atoms with Gasteiger partial charge in [0.05, 0.1) is 21.1 Å². The number of aromatic nitrogens is 4. The summed E-state index contributed by atoms with van der Waals surface area (Å²) >= 11 is 0. The van der Waals surface area contributed by atoms with Gasteiger partial charge in [0.25, 0.3) is 5.56 Å². The van der Waals surface area contributed by atoms with E-state index in [1.807, 2.05) is 21.1 Å². The van der Waals surface area contributed by atoms with Crippen LogP contribution in [0.1, 0.15) is 0 Å². The minimum Gasteiger partial charge on any atom is -0.480 e. The topological polar surface area (TPSA) is 110 Å². The molecule has 2 aromatic heterocycles. The zero-order chi connectivity index (χ0) is 15.2. The van der Waals surface area contributed by atoms with Gasteiger partial charge in [0.15, 0.2) is 11.2 Å². The van der Waals surface area contributed by atoms with Gasteiger partial charge in [-0.3, -0.25) is 23.6 Å². The van der Waals surface area contributed by atoms with Crippen LogP contribution in [0, 0.1) is 0 Å². The largest absolute Gasteiger partial charge is 0.480 e. The van der Waals surface area contributed by atoms with E-state index in [2.05, 4.69) is 9.97 Å². The van der Waals surface area contributed by atoms with E-state index in [1.165, 1.54) is 7.05 Å². The molecule has 0 aliphatic rings. The quantitative estimate of drug-likeness (QED) is 0.680. The Morgan fingerprint density at radius 1 is 1.35 bits per heavy atom. The molecule has 0 aromatic carbocycles. The molecular formula is C11H16N5O4+. The molecule has 2 aromatic rings. The predicted octanol–water partition coefficient (Wildman–Crippen LogP) is -1.30. The number of nitrogens with zero attached hydrogens (tertiary/aromatic N) is 4. The number of aliphatic carboxylic acids is 1. The summed E-state index contributed by atoms with van der Waals surface area (Å²) < 4.78 is 2.17. The smallest absolute Gasteiger partial charge is 0.333 e. The number of aryl methyl sites for hydroxylation is 1. The van der Waals surface area contributed by atoms with Gasteiger partial charge in [0, 0.05) is 7.05 Å². The molecule has 0 spiro atoms. The normalized spacial score (nSPS) is 12.0. The fraction of sp³-hybridized carbons (Fsp3) is 0.455. The molecule has 9 heteroatoms. The Labute approximate surface area is 113 Å². The lowest BCUT2D eigenvalue weighted by Crippen LogP contribution is -2.40. The molecule has 108 valence electrons. The van der Waals surface area contributed by atoms with E-state index in [1.54, 1.807) is 0 Å². The predicted molar refractivity (Wildman–Crippen MR) is 72.8 cm³/mol. The van der Waals surface area contributed by atoms with Gasteiger partial charge in [-0.25, -0.2) is 9.36 Å². The summed E-state index contributed by atoms with van der Waals surface area (Å²) in [5.74, 6) is -0.755. The van der Waals surface area contributed by atoms with Crippen LogP contribution in [0.2, 0.25) is 0 Å². The number of H-pyrrole nitrogens is 1. The maximum atomic E-state index is 12.2. The highest BCUT2D eigenvalue weighted by molar-refractivity contribution is 5.73. The summed E-state index contributed by atoms with van der Waals surface area (Å²) in [6, 6.07) is 0. The van der Waals surface area contributed by atoms with E-state index in [9.17, 15) is 14.4 Å². The molecule has 0 amide bonds. The maximum Gasteiger partial charge on any atom is 0.333 e. The minimum absolute atomic E-state index is 0.122. The van der Waals surface area contributed by atoms with Crippen molar-refractivity contribution in [2.75, 3.05) is 21.1 Å². The van der Waals surface area contributed by atoms with Crippen molar-refractivity contribution in [1.82, 2.24) is 23.6 Å². The molecular weight excluding hydrogens is 266 g/mol. The second-order valence-electron chi connectivity index (χ2n) is 5.40. The Morgan fingerprint density at radius 2 is 1.95 bits per heavy atom. The van der Waals surface area contributed by atoms with Gasteiger partial charge in [-0.05, 0) is 0 Å². The Kier molecular flexibility index (Phi) is 3.01. The third kappa shape index (κ3) is 2.11. The molecule has 0 saturated carbocycles. The van der Waals surface area contributed by atoms with Crippen LogP contribution >= 0.6 is 0 Å². The number of carboxylic acids is 1. The van der Waals surface area contributed by atoms with Crippen LogP contribution in [0.5, 0.6) is 0 Å². The summed E-state index contributed by atoms with van der Waals surface area (Å²) in [6.07, 6.45) is 0. The van der Waals surface area contributed by atoms with Crippen molar-refractivity contribution >= 4 is 23.1 Å². The number of hydrogen-bond acceptors (Lipinski definition) is 4. The fourth-order valence-electron chi connectivity index (χ4n) is 1.83. The van der Waals surface area contributed by atoms with Crippen LogP contribution in [0.15, 0.2) is 9.59 Å². The van der Waals surface area contributed by atoms with Gasteiger partial charge in [0.1, 0.15) is 6.54 Å². The number of carbonyl (C=O) groups is 1. The first kappa shape index (κ1) is 14.0. The Hall–Kier alpha value is -2.42. The lowest BCUT2D eigenvalue weighted by molar-refractivity contribution is -0.137. The Balaban J connectivity index is 2.86. The molecule has 0 unspecified atom stereocenters. The van der Waals surface area contributed by atoms with Crippen molar-refractivity contribution in [3.05, 3.63) is 20.8 Å². The van der Waals surface area contributed by atoms with Crippen molar-refractivity contribution in [1.29, 1.82) is 0 Å². The molecule has 20 heavy (non-hydrogen) atoms. The second kappa shape index (κ2) is 4.30. The van der Waals surface area contributed by atoms with Crippen LogP contribution in [0.4, 0.5) is 5.95 Å². The molecule has 9 nitrogen and oxygen atoms in total. The summed E-state index contributed by atoms with van der Waals surface area (Å²) in [4.78, 5) is 42.0. The van der Waals surface area contributed by atoms with Crippen molar-refractivity contribution in [2.24, 2.45) is 7.05 Å². The van der Waals surface area contributed by atoms with Crippen molar-refractivity contribution in [2.45, 2.75) is 6.54 Å². The van der Waals surface area contributed by atoms with Gasteiger partial charge in [-0.1, -0.05) is 0 Å². The number of hydrogen-bond donors (Lipinski definition) is 2. The minimum atomic E-state index is -1.25. The summed E-state index contributed by atoms with van der Waals surface area (Å²) in [6.45, 7) is -0.680. The van der Waals surface area contributed by atoms with E-state index < -0.39 is 23.8 Å². The Bertz CT molecular complexity index is 805. The van der Waals surface area contributed by atoms with Gasteiger partial charge >= 0.3 is 17.6 Å². The van der Waals surface area contributed by atoms with Crippen LogP contribution in [0.3, 0.4) is 0 Å². The van der Waals surface area contributed by atoms with E-state index in [0.717, 1.165) is 4.57 Å². The molecule has 0 bridgehead atoms. The van der Waals surface area contributed by atoms with E-state index in [-0.39, 0.29) is 11.2 Å². The number of quaternary nitrogens is 1. The summed E-state index contributed by atoms with van der Waals surface area (Å²) in [5, 5.41) is 8.78. The van der Waals surface area contributed by atoms with E-state index >= 15 is 0 Å². The maximum absolute atomic E-state index is 12.2. The van der Waals surface area contributed by atoms with Crippen LogP contribution in [-0.4, -0.2) is 51.3 Å². The highest BCUT2D eigenvalue weighted by Crippen LogP contribution is 2.14. The lowest BCUT2D eigenvalue weighted by Gasteiger charge is -2.18. The highest BCUT2D eigenvalue weighted by atomic mass is 16.4. The number of fused-ring (bicyclic) bond motifs is 1. The fourth-order valence-corrected chi connectivity index (χ4v) is 1.83. The highest BCUT2D eigenvalue weighted by Gasteiger charge is 2.22. The van der Waals surface area contributed by atoms with Gasteiger partial charge < -0.3 is 5.11 Å². The van der Waals surface area contributed by atoms with E-state index in [0.29, 0.717) is 15.0 Å². The molecule has 0 radical (unpaired) electrons. The summed E-state index contributed by atoms with van der Waals surface area (Å²) in [7, 11) is 7.01. The average molecular weight is 282 g/mol. The molecule has 0 aliphatic heterocycles. The SMILES string of the molecule is Cn1c(=O)n(CC(=O)O)c(=O)c2[nH]c([N+](C)(C)C)nc21.